The molecule has 0 saturated carbocycles. The monoisotopic (exact) mass is 163 g/mol. The van der Waals surface area contributed by atoms with Crippen molar-refractivity contribution in [2.24, 2.45) is 0 Å². The van der Waals surface area contributed by atoms with Crippen molar-refractivity contribution in [3.8, 4) is 0 Å². The second kappa shape index (κ2) is 2.75. The van der Waals surface area contributed by atoms with Gasteiger partial charge in [-0.15, -0.1) is 21.2 Å². The summed E-state index contributed by atoms with van der Waals surface area (Å²) in [5, 5.41) is 4.71. The van der Waals surface area contributed by atoms with Crippen LogP contribution in [0.5, 0.6) is 0 Å². The van der Waals surface area contributed by atoms with Crippen molar-refractivity contribution in [1.29, 1.82) is 0 Å². The SMILES string of the molecule is CCC1NC(=O)C=S1S. The van der Waals surface area contributed by atoms with Crippen LogP contribution in [0.2, 0.25) is 0 Å². The van der Waals surface area contributed by atoms with Gasteiger partial charge in [0.05, 0.1) is 5.37 Å². The third-order valence-corrected chi connectivity index (χ3v) is 3.76. The van der Waals surface area contributed by atoms with Gasteiger partial charge in [0.15, 0.2) is 0 Å². The highest BCUT2D eigenvalue weighted by Crippen LogP contribution is 2.27. The molecule has 0 bridgehead atoms. The standard InChI is InChI=1S/C5H9NOS2/c1-2-5-6-4(7)3-9(5)8/h3,5,8H,2H2,1H3,(H,6,7). The summed E-state index contributed by atoms with van der Waals surface area (Å²) >= 11 is 4.22. The Hall–Kier alpha value is 0.0400. The number of carbonyl (C=O) groups excluding carboxylic acids is 1. The van der Waals surface area contributed by atoms with Crippen LogP contribution in [0.1, 0.15) is 13.3 Å². The number of carbonyl (C=O) groups is 1. The second-order valence-corrected chi connectivity index (χ2v) is 4.63. The molecular formula is C5H9NOS2. The van der Waals surface area contributed by atoms with Crippen LogP contribution in [0.4, 0.5) is 0 Å². The van der Waals surface area contributed by atoms with E-state index in [0.29, 0.717) is 0 Å². The summed E-state index contributed by atoms with van der Waals surface area (Å²) in [6, 6.07) is 0. The van der Waals surface area contributed by atoms with Crippen molar-refractivity contribution in [2.75, 3.05) is 0 Å². The molecule has 0 aromatic carbocycles. The van der Waals surface area contributed by atoms with E-state index in [1.165, 1.54) is 0 Å². The van der Waals surface area contributed by atoms with Gasteiger partial charge >= 0.3 is 0 Å². The molecule has 0 fully saturated rings. The summed E-state index contributed by atoms with van der Waals surface area (Å²) in [6.07, 6.45) is 0.967. The van der Waals surface area contributed by atoms with E-state index in [9.17, 15) is 4.79 Å². The zero-order chi connectivity index (χ0) is 6.85. The lowest BCUT2D eigenvalue weighted by Gasteiger charge is -2.07. The molecule has 1 rings (SSSR count). The van der Waals surface area contributed by atoms with Crippen LogP contribution >= 0.6 is 21.2 Å². The van der Waals surface area contributed by atoms with Gasteiger partial charge in [-0.05, 0) is 6.42 Å². The van der Waals surface area contributed by atoms with E-state index < -0.39 is 0 Å². The van der Waals surface area contributed by atoms with Crippen LogP contribution < -0.4 is 5.32 Å². The average molecular weight is 163 g/mol. The summed E-state index contributed by atoms with van der Waals surface area (Å²) in [5.74, 6) is 0.0279. The van der Waals surface area contributed by atoms with Gasteiger partial charge in [-0.2, -0.15) is 0 Å². The van der Waals surface area contributed by atoms with Crippen molar-refractivity contribution >= 4 is 32.5 Å². The molecule has 0 aromatic heterocycles. The molecule has 0 saturated heterocycles. The van der Waals surface area contributed by atoms with Gasteiger partial charge < -0.3 is 5.32 Å². The van der Waals surface area contributed by atoms with Crippen LogP contribution in [0.3, 0.4) is 0 Å². The fraction of sp³-hybridized carbons (Fsp3) is 0.600. The zero-order valence-corrected chi connectivity index (χ0v) is 6.84. The second-order valence-electron chi connectivity index (χ2n) is 1.87. The molecule has 1 N–H and O–H groups in total. The Bertz CT molecular complexity index is 166. The summed E-state index contributed by atoms with van der Waals surface area (Å²) in [4.78, 5) is 10.6. The van der Waals surface area contributed by atoms with Crippen LogP contribution in [0.25, 0.3) is 0 Å². The Labute approximate surface area is 61.8 Å². The third kappa shape index (κ3) is 1.49. The molecule has 0 aromatic rings. The maximum absolute atomic E-state index is 10.6. The molecule has 1 aliphatic rings. The Morgan fingerprint density at radius 2 is 2.67 bits per heavy atom. The average Bonchev–Trinajstić information content (AvgIpc) is 2.10. The van der Waals surface area contributed by atoms with Gasteiger partial charge in [0.2, 0.25) is 0 Å². The largest absolute Gasteiger partial charge is 0.340 e. The molecule has 9 heavy (non-hydrogen) atoms. The summed E-state index contributed by atoms with van der Waals surface area (Å²) in [5.41, 5.74) is 0. The molecule has 52 valence electrons. The first-order chi connectivity index (χ1) is 4.24. The molecule has 1 heterocycles. The van der Waals surface area contributed by atoms with Gasteiger partial charge in [-0.3, -0.25) is 4.79 Å². The van der Waals surface area contributed by atoms with Crippen molar-refractivity contribution in [3.05, 3.63) is 0 Å². The number of hydrogen-bond acceptors (Lipinski definition) is 2. The van der Waals surface area contributed by atoms with Gasteiger partial charge in [-0.1, -0.05) is 6.92 Å². The van der Waals surface area contributed by atoms with E-state index in [1.807, 2.05) is 6.92 Å². The zero-order valence-electron chi connectivity index (χ0n) is 5.13. The molecule has 2 nitrogen and oxygen atoms in total. The van der Waals surface area contributed by atoms with Crippen LogP contribution in [-0.4, -0.2) is 16.6 Å². The number of thiol groups is 1. The number of nitrogens with one attached hydrogen (secondary N) is 1. The molecule has 0 aliphatic carbocycles. The molecule has 2 unspecified atom stereocenters. The highest BCUT2D eigenvalue weighted by molar-refractivity contribution is 8.77. The minimum absolute atomic E-state index is 0.0279. The Kier molecular flexibility index (Phi) is 2.18. The first-order valence-corrected chi connectivity index (χ1v) is 5.20. The van der Waals surface area contributed by atoms with Crippen LogP contribution in [0, 0.1) is 0 Å². The lowest BCUT2D eigenvalue weighted by atomic mass is 10.5. The van der Waals surface area contributed by atoms with E-state index in [1.54, 1.807) is 5.37 Å². The van der Waals surface area contributed by atoms with E-state index in [-0.39, 0.29) is 20.8 Å². The minimum atomic E-state index is -0.132. The maximum Gasteiger partial charge on any atom is 0.251 e. The maximum atomic E-state index is 10.6. The lowest BCUT2D eigenvalue weighted by Crippen LogP contribution is -2.25. The Morgan fingerprint density at radius 1 is 2.00 bits per heavy atom. The molecule has 2 atom stereocenters. The van der Waals surface area contributed by atoms with Gasteiger partial charge in [-0.25, -0.2) is 0 Å². The molecular weight excluding hydrogens is 154 g/mol. The quantitative estimate of drug-likeness (QED) is 0.334. The summed E-state index contributed by atoms with van der Waals surface area (Å²) in [7, 11) is -0.132. The number of amides is 1. The predicted molar refractivity (Wildman–Crippen MR) is 44.9 cm³/mol. The van der Waals surface area contributed by atoms with E-state index in [0.717, 1.165) is 6.42 Å². The van der Waals surface area contributed by atoms with E-state index in [2.05, 4.69) is 17.0 Å². The number of hydrogen-bond donors (Lipinski definition) is 2. The summed E-state index contributed by atoms with van der Waals surface area (Å²) < 4.78 is 0. The minimum Gasteiger partial charge on any atom is -0.340 e. The fourth-order valence-corrected chi connectivity index (χ4v) is 2.64. The molecule has 0 spiro atoms. The van der Waals surface area contributed by atoms with Gasteiger partial charge in [0.25, 0.3) is 5.91 Å². The first kappa shape index (κ1) is 7.15. The van der Waals surface area contributed by atoms with Crippen molar-refractivity contribution < 1.29 is 4.79 Å². The van der Waals surface area contributed by atoms with E-state index in [4.69, 9.17) is 0 Å². The molecule has 0 radical (unpaired) electrons. The smallest absolute Gasteiger partial charge is 0.251 e. The first-order valence-electron chi connectivity index (χ1n) is 2.80. The third-order valence-electron chi connectivity index (χ3n) is 1.19. The fourth-order valence-electron chi connectivity index (χ4n) is 0.718. The predicted octanol–water partition coefficient (Wildman–Crippen LogP) is 0.768. The Morgan fingerprint density at radius 3 is 2.89 bits per heavy atom. The van der Waals surface area contributed by atoms with Crippen molar-refractivity contribution in [1.82, 2.24) is 5.32 Å². The molecule has 1 aliphatic heterocycles. The van der Waals surface area contributed by atoms with Crippen molar-refractivity contribution in [3.63, 3.8) is 0 Å². The highest BCUT2D eigenvalue weighted by Gasteiger charge is 2.17. The molecule has 1 amide bonds. The van der Waals surface area contributed by atoms with Crippen LogP contribution in [0.15, 0.2) is 0 Å². The van der Waals surface area contributed by atoms with Crippen LogP contribution in [-0.2, 0) is 4.79 Å². The van der Waals surface area contributed by atoms with Gasteiger partial charge in [0, 0.05) is 5.37 Å². The van der Waals surface area contributed by atoms with E-state index >= 15 is 0 Å². The summed E-state index contributed by atoms with van der Waals surface area (Å²) in [6.45, 7) is 2.04. The Balaban J connectivity index is 2.64. The van der Waals surface area contributed by atoms with Crippen molar-refractivity contribution in [2.45, 2.75) is 18.7 Å². The topological polar surface area (TPSA) is 29.1 Å². The molecule has 4 heteroatoms. The highest BCUT2D eigenvalue weighted by atomic mass is 33.1. The number of rotatable bonds is 1. The van der Waals surface area contributed by atoms with Gasteiger partial charge in [0.1, 0.15) is 0 Å². The normalized spacial score (nSPS) is 33.8. The lowest BCUT2D eigenvalue weighted by molar-refractivity contribution is -0.114.